The minimum absolute atomic E-state index is 0.0402. The average Bonchev–Trinajstić information content (AvgIpc) is 3.52. The van der Waals surface area contributed by atoms with E-state index >= 15 is 0 Å². The third-order valence-corrected chi connectivity index (χ3v) is 11.8. The van der Waals surface area contributed by atoms with Gasteiger partial charge in [-0.25, -0.2) is 17.9 Å². The molecule has 1 aromatic heterocycles. The van der Waals surface area contributed by atoms with Gasteiger partial charge in [-0.15, -0.1) is 0 Å². The van der Waals surface area contributed by atoms with Crippen molar-refractivity contribution >= 4 is 33.2 Å². The number of benzene rings is 2. The van der Waals surface area contributed by atoms with Gasteiger partial charge in [0.05, 0.1) is 38.2 Å². The summed E-state index contributed by atoms with van der Waals surface area (Å²) in [7, 11) is -3.96. The van der Waals surface area contributed by atoms with Crippen LogP contribution in [0.25, 0.3) is 5.69 Å². The molecule has 3 aromatic rings. The topological polar surface area (TPSA) is 128 Å². The number of hydrogen-bond acceptors (Lipinski definition) is 7. The van der Waals surface area contributed by atoms with E-state index in [0.717, 1.165) is 31.5 Å². The molecule has 1 aliphatic heterocycles. The van der Waals surface area contributed by atoms with Crippen molar-refractivity contribution in [3.05, 3.63) is 70.9 Å². The number of aromatic nitrogens is 2. The molecule has 2 heterocycles. The van der Waals surface area contributed by atoms with Gasteiger partial charge >= 0.3 is 12.1 Å². The van der Waals surface area contributed by atoms with Gasteiger partial charge in [-0.2, -0.15) is 23.5 Å². The first-order valence-corrected chi connectivity index (χ1v) is 19.0. The van der Waals surface area contributed by atoms with Gasteiger partial charge in [0.25, 0.3) is 0 Å². The number of nitrogens with zero attached hydrogens (tertiary/aromatic N) is 4. The summed E-state index contributed by atoms with van der Waals surface area (Å²) in [6.07, 6.45) is 8.26. The van der Waals surface area contributed by atoms with Crippen LogP contribution in [0.5, 0.6) is 0 Å². The lowest BCUT2D eigenvalue weighted by Gasteiger charge is -2.24. The summed E-state index contributed by atoms with van der Waals surface area (Å²) in [5.41, 5.74) is -0.188. The van der Waals surface area contributed by atoms with Crippen LogP contribution < -0.4 is 10.2 Å². The van der Waals surface area contributed by atoms with Crippen LogP contribution in [0.4, 0.5) is 19.0 Å². The predicted molar refractivity (Wildman–Crippen MR) is 187 cm³/mol. The van der Waals surface area contributed by atoms with Crippen LogP contribution in [-0.2, 0) is 20.8 Å². The Bertz CT molecular complexity index is 1740. The quantitative estimate of drug-likeness (QED) is 0.150. The zero-order valence-corrected chi connectivity index (χ0v) is 30.0. The van der Waals surface area contributed by atoms with E-state index in [-0.39, 0.29) is 39.9 Å². The molecule has 9 nitrogen and oxygen atoms in total. The van der Waals surface area contributed by atoms with Crippen LogP contribution in [0.2, 0.25) is 5.02 Å². The number of carbonyl (C=O) groups is 1. The van der Waals surface area contributed by atoms with Crippen LogP contribution in [0.3, 0.4) is 0 Å². The Morgan fingerprint density at radius 2 is 1.68 bits per heavy atom. The Morgan fingerprint density at radius 1 is 1.06 bits per heavy atom. The number of hydrogen-bond donors (Lipinski definition) is 2. The summed E-state index contributed by atoms with van der Waals surface area (Å²) >= 11 is 6.09. The molecule has 50 heavy (non-hydrogen) atoms. The molecule has 1 aliphatic carbocycles. The van der Waals surface area contributed by atoms with E-state index in [1.165, 1.54) is 91.3 Å². The molecule has 5 rings (SSSR count). The molecule has 1 saturated heterocycles. The monoisotopic (exact) mass is 735 g/mol. The van der Waals surface area contributed by atoms with Crippen LogP contribution in [0, 0.1) is 18.3 Å². The van der Waals surface area contributed by atoms with Crippen LogP contribution in [0.1, 0.15) is 88.8 Å². The lowest BCUT2D eigenvalue weighted by molar-refractivity contribution is -0.138. The van der Waals surface area contributed by atoms with E-state index in [1.807, 2.05) is 0 Å². The van der Waals surface area contributed by atoms with Crippen LogP contribution >= 0.6 is 11.6 Å². The number of nitriles is 1. The Morgan fingerprint density at radius 3 is 2.24 bits per heavy atom. The maximum Gasteiger partial charge on any atom is 0.416 e. The zero-order chi connectivity index (χ0) is 36.5. The number of sulfone groups is 1. The van der Waals surface area contributed by atoms with Gasteiger partial charge in [0.1, 0.15) is 17.4 Å². The first kappa shape index (κ1) is 39.2. The highest BCUT2D eigenvalue weighted by Crippen LogP contribution is 2.37. The molecular weight excluding hydrogens is 691 g/mol. The second-order valence-electron chi connectivity index (χ2n) is 13.0. The highest BCUT2D eigenvalue weighted by atomic mass is 35.5. The van der Waals surface area contributed by atoms with Crippen LogP contribution in [0.15, 0.2) is 59.5 Å². The maximum absolute atomic E-state index is 13.3. The van der Waals surface area contributed by atoms with Crippen molar-refractivity contribution in [3.63, 3.8) is 0 Å². The minimum atomic E-state index is -4.51. The Labute approximate surface area is 297 Å². The first-order chi connectivity index (χ1) is 23.7. The van der Waals surface area contributed by atoms with Gasteiger partial charge in [0, 0.05) is 12.6 Å². The van der Waals surface area contributed by atoms with E-state index < -0.39 is 38.8 Å². The highest BCUT2D eigenvalue weighted by Gasteiger charge is 2.45. The molecule has 1 saturated carbocycles. The number of nitrogens with one attached hydrogen (secondary N) is 1. The molecule has 2 aliphatic rings. The van der Waals surface area contributed by atoms with E-state index in [0.29, 0.717) is 5.69 Å². The number of aryl methyl sites for hydroxylation is 1. The normalized spacial score (nSPS) is 18.3. The molecule has 14 heteroatoms. The maximum atomic E-state index is 13.3. The van der Waals surface area contributed by atoms with E-state index in [4.69, 9.17) is 16.9 Å². The van der Waals surface area contributed by atoms with Crippen molar-refractivity contribution in [1.29, 1.82) is 5.26 Å². The van der Waals surface area contributed by atoms with Gasteiger partial charge < -0.3 is 10.0 Å². The molecule has 2 N–H and O–H groups in total. The molecule has 0 unspecified atom stereocenters. The lowest BCUT2D eigenvalue weighted by atomic mass is 10.1. The second-order valence-corrected chi connectivity index (χ2v) is 15.6. The van der Waals surface area contributed by atoms with Gasteiger partial charge in [-0.05, 0) is 75.5 Å². The SMILES string of the molecule is CCCCCCCCCCNC1(C#N)CC1.Cc1cc(N2C[C@H](S(=O)(=O)c3ccccc3Cl)C[C@H]2C(=O)O)n(-c2ccc(C(F)(F)F)cc2)n1. The second kappa shape index (κ2) is 17.1. The fraction of sp³-hybridized carbons (Fsp3) is 0.528. The van der Waals surface area contributed by atoms with Crippen molar-refractivity contribution in [2.45, 2.75) is 112 Å². The Kier molecular flexibility index (Phi) is 13.4. The standard InChI is InChI=1S/C22H19ClF3N3O4S.C14H26N2/c1-13-10-20(29(27-13)15-8-6-14(7-9-15)22(24,25)26)28-12-16(11-18(28)21(30)31)34(32,33)19-5-3-2-4-17(19)23;1-2-3-4-5-6-7-8-9-12-16-14(13-15)10-11-14/h2-10,16,18H,11-12H2,1H3,(H,30,31);16H,2-12H2,1H3/t16-,18+;/m1./s1. The lowest BCUT2D eigenvalue weighted by Crippen LogP contribution is -2.37. The number of halogens is 4. The largest absolute Gasteiger partial charge is 0.480 e. The summed E-state index contributed by atoms with van der Waals surface area (Å²) in [6, 6.07) is 12.9. The van der Waals surface area contributed by atoms with Crippen molar-refractivity contribution in [2.24, 2.45) is 0 Å². The van der Waals surface area contributed by atoms with Crippen molar-refractivity contribution < 1.29 is 31.5 Å². The summed E-state index contributed by atoms with van der Waals surface area (Å²) in [5, 5.41) is 25.3. The van der Waals surface area contributed by atoms with Gasteiger partial charge in [0.15, 0.2) is 9.84 Å². The van der Waals surface area contributed by atoms with Crippen molar-refractivity contribution in [2.75, 3.05) is 18.0 Å². The van der Waals surface area contributed by atoms with Gasteiger partial charge in [-0.1, -0.05) is 75.6 Å². The highest BCUT2D eigenvalue weighted by molar-refractivity contribution is 7.92. The molecule has 0 amide bonds. The molecule has 2 aromatic carbocycles. The Hall–Kier alpha value is -3.60. The number of anilines is 1. The molecule has 2 atom stereocenters. The minimum Gasteiger partial charge on any atom is -0.480 e. The predicted octanol–water partition coefficient (Wildman–Crippen LogP) is 8.13. The number of rotatable bonds is 15. The van der Waals surface area contributed by atoms with E-state index in [1.54, 1.807) is 19.1 Å². The number of carboxylic acid groups (broad SMARTS) is 1. The summed E-state index contributed by atoms with van der Waals surface area (Å²) in [5.74, 6) is -0.962. The molecular formula is C36H45ClF3N5O4S. The smallest absolute Gasteiger partial charge is 0.416 e. The number of aliphatic carboxylic acids is 1. The third-order valence-electron chi connectivity index (χ3n) is 9.13. The van der Waals surface area contributed by atoms with Gasteiger partial charge in [-0.3, -0.25) is 5.32 Å². The molecule has 272 valence electrons. The van der Waals surface area contributed by atoms with Crippen molar-refractivity contribution in [3.8, 4) is 11.8 Å². The summed E-state index contributed by atoms with van der Waals surface area (Å²) < 4.78 is 66.7. The number of carboxylic acids is 1. The average molecular weight is 736 g/mol. The first-order valence-electron chi connectivity index (χ1n) is 17.1. The molecule has 0 radical (unpaired) electrons. The number of alkyl halides is 3. The van der Waals surface area contributed by atoms with E-state index in [9.17, 15) is 31.5 Å². The van der Waals surface area contributed by atoms with Crippen LogP contribution in [-0.4, -0.2) is 59.2 Å². The molecule has 0 bridgehead atoms. The summed E-state index contributed by atoms with van der Waals surface area (Å²) in [6.45, 7) is 4.78. The van der Waals surface area contributed by atoms with E-state index in [2.05, 4.69) is 23.4 Å². The van der Waals surface area contributed by atoms with Gasteiger partial charge in [0.2, 0.25) is 0 Å². The number of unbranched alkanes of at least 4 members (excludes halogenated alkanes) is 7. The molecule has 0 spiro atoms. The third kappa shape index (κ3) is 10.0. The Balaban J connectivity index is 0.000000295. The zero-order valence-electron chi connectivity index (χ0n) is 28.4. The molecule has 2 fully saturated rings. The fourth-order valence-electron chi connectivity index (χ4n) is 6.08. The van der Waals surface area contributed by atoms with Crippen molar-refractivity contribution in [1.82, 2.24) is 15.1 Å². The summed E-state index contributed by atoms with van der Waals surface area (Å²) in [4.78, 5) is 13.4. The fourth-order valence-corrected chi connectivity index (χ4v) is 8.29.